The van der Waals surface area contributed by atoms with Gasteiger partial charge in [-0.1, -0.05) is 31.4 Å². The molecule has 1 N–H and O–H groups in total. The molecule has 1 aliphatic heterocycles. The quantitative estimate of drug-likeness (QED) is 0.357. The molecule has 1 saturated carbocycles. The van der Waals surface area contributed by atoms with Gasteiger partial charge in [-0.15, -0.1) is 0 Å². The molecule has 4 rings (SSSR count). The lowest BCUT2D eigenvalue weighted by Crippen LogP contribution is -2.40. The largest absolute Gasteiger partial charge is 0.507 e. The molecule has 34 heavy (non-hydrogen) atoms. The lowest BCUT2D eigenvalue weighted by Gasteiger charge is -2.35. The van der Waals surface area contributed by atoms with Gasteiger partial charge in [0.1, 0.15) is 23.0 Å². The van der Waals surface area contributed by atoms with Gasteiger partial charge in [0.15, 0.2) is 0 Å². The minimum absolute atomic E-state index is 0.0562. The molecule has 1 aliphatic carbocycles. The summed E-state index contributed by atoms with van der Waals surface area (Å²) in [6.07, 6.45) is 4.81. The van der Waals surface area contributed by atoms with Crippen molar-refractivity contribution < 1.29 is 28.9 Å². The van der Waals surface area contributed by atoms with Crippen LogP contribution in [0.15, 0.2) is 48.0 Å². The zero-order valence-corrected chi connectivity index (χ0v) is 19.9. The van der Waals surface area contributed by atoms with Crippen molar-refractivity contribution in [3.63, 3.8) is 0 Å². The fraction of sp³-hybridized carbons (Fsp3) is 0.407. The molecule has 1 saturated heterocycles. The van der Waals surface area contributed by atoms with Crippen LogP contribution in [-0.4, -0.2) is 48.6 Å². The van der Waals surface area contributed by atoms with E-state index in [2.05, 4.69) is 0 Å². The predicted molar refractivity (Wildman–Crippen MR) is 128 cm³/mol. The number of likely N-dealkylation sites (tertiary alicyclic amines) is 1. The molecule has 0 spiro atoms. The zero-order chi connectivity index (χ0) is 24.2. The van der Waals surface area contributed by atoms with Crippen molar-refractivity contribution in [3.8, 4) is 17.2 Å². The summed E-state index contributed by atoms with van der Waals surface area (Å²) < 4.78 is 16.3. The Hall–Kier alpha value is -3.48. The van der Waals surface area contributed by atoms with Gasteiger partial charge in [-0.3, -0.25) is 9.59 Å². The first-order valence-electron chi connectivity index (χ1n) is 11.7. The third kappa shape index (κ3) is 4.34. The van der Waals surface area contributed by atoms with E-state index in [1.165, 1.54) is 14.2 Å². The number of nitrogens with zero attached hydrogens (tertiary/aromatic N) is 1. The zero-order valence-electron chi connectivity index (χ0n) is 19.9. The smallest absolute Gasteiger partial charge is 0.295 e. The minimum Gasteiger partial charge on any atom is -0.507 e. The first-order chi connectivity index (χ1) is 16.5. The fourth-order valence-electron chi connectivity index (χ4n) is 4.97. The van der Waals surface area contributed by atoms with Crippen LogP contribution in [0.3, 0.4) is 0 Å². The average Bonchev–Trinajstić information content (AvgIpc) is 3.14. The summed E-state index contributed by atoms with van der Waals surface area (Å²) in [5, 5.41) is 11.4. The Kier molecular flexibility index (Phi) is 7.10. The first kappa shape index (κ1) is 23.7. The Morgan fingerprint density at radius 1 is 0.971 bits per heavy atom. The van der Waals surface area contributed by atoms with Gasteiger partial charge in [-0.25, -0.2) is 0 Å². The van der Waals surface area contributed by atoms with Gasteiger partial charge in [-0.05, 0) is 55.7 Å². The van der Waals surface area contributed by atoms with Crippen molar-refractivity contribution >= 4 is 17.4 Å². The van der Waals surface area contributed by atoms with E-state index in [1.54, 1.807) is 23.1 Å². The molecular formula is C27H31NO6. The number of aliphatic hydroxyl groups is 1. The normalized spacial score (nSPS) is 20.4. The number of Topliss-reactive ketones (excluding diaryl/α,β-unsaturated/α-hetero) is 1. The molecule has 7 heteroatoms. The van der Waals surface area contributed by atoms with E-state index < -0.39 is 17.7 Å². The highest BCUT2D eigenvalue weighted by Crippen LogP contribution is 2.44. The van der Waals surface area contributed by atoms with E-state index in [9.17, 15) is 14.7 Å². The van der Waals surface area contributed by atoms with Gasteiger partial charge in [0.2, 0.25) is 0 Å². The highest BCUT2D eigenvalue weighted by Gasteiger charge is 2.49. The van der Waals surface area contributed by atoms with Crippen molar-refractivity contribution in [1.29, 1.82) is 0 Å². The van der Waals surface area contributed by atoms with E-state index in [0.717, 1.165) is 37.7 Å². The number of amides is 1. The molecule has 0 aromatic heterocycles. The standard InChI is InChI=1S/C27H31NO6/c1-4-34-19-12-10-17(11-13-19)24-23(25(29)21-16-20(32-2)14-15-22(21)33-3)26(30)27(31)28(24)18-8-6-5-7-9-18/h10-16,18,24,29H,4-9H2,1-3H3/b25-23+. The number of rotatable bonds is 7. The average molecular weight is 466 g/mol. The molecule has 0 radical (unpaired) electrons. The molecule has 2 aromatic rings. The van der Waals surface area contributed by atoms with Gasteiger partial charge in [0.25, 0.3) is 11.7 Å². The van der Waals surface area contributed by atoms with Crippen molar-refractivity contribution in [2.24, 2.45) is 0 Å². The minimum atomic E-state index is -0.699. The number of hydrogen-bond donors (Lipinski definition) is 1. The van der Waals surface area contributed by atoms with Crippen molar-refractivity contribution in [1.82, 2.24) is 4.90 Å². The molecule has 0 bridgehead atoms. The lowest BCUT2D eigenvalue weighted by atomic mass is 9.91. The maximum atomic E-state index is 13.4. The van der Waals surface area contributed by atoms with Crippen LogP contribution < -0.4 is 14.2 Å². The Morgan fingerprint density at radius 2 is 1.65 bits per heavy atom. The molecule has 180 valence electrons. The lowest BCUT2D eigenvalue weighted by molar-refractivity contribution is -0.141. The van der Waals surface area contributed by atoms with Crippen LogP contribution in [0.1, 0.15) is 56.2 Å². The van der Waals surface area contributed by atoms with Crippen LogP contribution in [0.5, 0.6) is 17.2 Å². The molecule has 1 unspecified atom stereocenters. The second-order valence-corrected chi connectivity index (χ2v) is 8.57. The molecule has 2 aromatic carbocycles. The maximum absolute atomic E-state index is 13.4. The van der Waals surface area contributed by atoms with E-state index in [4.69, 9.17) is 14.2 Å². The summed E-state index contributed by atoms with van der Waals surface area (Å²) in [7, 11) is 3.01. The topological polar surface area (TPSA) is 85.3 Å². The van der Waals surface area contributed by atoms with Gasteiger partial charge in [0, 0.05) is 6.04 Å². The first-order valence-corrected chi connectivity index (χ1v) is 11.7. The second kappa shape index (κ2) is 10.2. The number of carbonyl (C=O) groups is 2. The van der Waals surface area contributed by atoms with Crippen LogP contribution in [0.4, 0.5) is 0 Å². The summed E-state index contributed by atoms with van der Waals surface area (Å²) in [6, 6.07) is 11.6. The highest BCUT2D eigenvalue weighted by molar-refractivity contribution is 6.46. The molecule has 1 atom stereocenters. The fourth-order valence-corrected chi connectivity index (χ4v) is 4.97. The Labute approximate surface area is 199 Å². The van der Waals surface area contributed by atoms with Crippen molar-refractivity contribution in [3.05, 3.63) is 59.2 Å². The van der Waals surface area contributed by atoms with Crippen LogP contribution in [0.2, 0.25) is 0 Å². The van der Waals surface area contributed by atoms with E-state index in [1.807, 2.05) is 31.2 Å². The number of aliphatic hydroxyl groups excluding tert-OH is 1. The van der Waals surface area contributed by atoms with Crippen LogP contribution in [0, 0.1) is 0 Å². The summed E-state index contributed by atoms with van der Waals surface area (Å²) in [5.41, 5.74) is 1.11. The van der Waals surface area contributed by atoms with E-state index in [0.29, 0.717) is 29.4 Å². The van der Waals surface area contributed by atoms with Gasteiger partial charge in [0.05, 0.1) is 38.0 Å². The van der Waals surface area contributed by atoms with Crippen molar-refractivity contribution in [2.75, 3.05) is 20.8 Å². The van der Waals surface area contributed by atoms with Crippen molar-refractivity contribution in [2.45, 2.75) is 51.1 Å². The predicted octanol–water partition coefficient (Wildman–Crippen LogP) is 4.86. The Balaban J connectivity index is 1.88. The van der Waals surface area contributed by atoms with E-state index >= 15 is 0 Å². The number of ketones is 1. The highest BCUT2D eigenvalue weighted by atomic mass is 16.5. The van der Waals surface area contributed by atoms with Crippen LogP contribution in [-0.2, 0) is 9.59 Å². The summed E-state index contributed by atoms with van der Waals surface area (Å²) in [4.78, 5) is 28.4. The van der Waals surface area contributed by atoms with E-state index in [-0.39, 0.29) is 17.4 Å². The molecule has 7 nitrogen and oxygen atoms in total. The summed E-state index contributed by atoms with van der Waals surface area (Å²) in [5.74, 6) is 0.0525. The van der Waals surface area contributed by atoms with Crippen LogP contribution >= 0.6 is 0 Å². The Morgan fingerprint density at radius 3 is 2.26 bits per heavy atom. The van der Waals surface area contributed by atoms with Gasteiger partial charge < -0.3 is 24.2 Å². The second-order valence-electron chi connectivity index (χ2n) is 8.57. The number of ether oxygens (including phenoxy) is 3. The third-order valence-electron chi connectivity index (χ3n) is 6.62. The molecular weight excluding hydrogens is 434 g/mol. The monoisotopic (exact) mass is 465 g/mol. The summed E-state index contributed by atoms with van der Waals surface area (Å²) >= 11 is 0. The Bertz CT molecular complexity index is 1080. The maximum Gasteiger partial charge on any atom is 0.295 e. The molecule has 2 fully saturated rings. The molecule has 2 aliphatic rings. The van der Waals surface area contributed by atoms with Gasteiger partial charge >= 0.3 is 0 Å². The number of benzene rings is 2. The molecule has 1 amide bonds. The summed E-state index contributed by atoms with van der Waals surface area (Å²) in [6.45, 7) is 2.45. The number of carbonyl (C=O) groups excluding carboxylic acids is 2. The SMILES string of the molecule is CCOc1ccc(C2/C(=C(\O)c3cc(OC)ccc3OC)C(=O)C(=O)N2C2CCCCC2)cc1. The van der Waals surface area contributed by atoms with Gasteiger partial charge in [-0.2, -0.15) is 0 Å². The molecule has 1 heterocycles. The number of hydrogen-bond acceptors (Lipinski definition) is 6. The third-order valence-corrected chi connectivity index (χ3v) is 6.62. The number of methoxy groups -OCH3 is 2. The van der Waals surface area contributed by atoms with Crippen LogP contribution in [0.25, 0.3) is 5.76 Å².